The van der Waals surface area contributed by atoms with Crippen LogP contribution in [0, 0.1) is 11.8 Å². The zero-order chi connectivity index (χ0) is 18.0. The number of rotatable bonds is 5. The molecule has 4 heteroatoms. The van der Waals surface area contributed by atoms with E-state index in [1.165, 1.54) is 31.4 Å². The second-order valence-corrected chi connectivity index (χ2v) is 8.49. The molecule has 2 saturated carbocycles. The number of nitrogens with one attached hydrogen (secondary N) is 1. The number of amides is 1. The summed E-state index contributed by atoms with van der Waals surface area (Å²) in [7, 11) is 0. The Bertz CT molecular complexity index is 608. The van der Waals surface area contributed by atoms with Crippen LogP contribution in [0.4, 0.5) is 10.5 Å². The number of benzene rings is 1. The van der Waals surface area contributed by atoms with Gasteiger partial charge in [-0.1, -0.05) is 31.0 Å². The molecular formula is C21H32N2O2. The number of carbonyl (C=O) groups excluding carboxylic acids is 1. The average Bonchev–Trinajstić information content (AvgIpc) is 3.33. The van der Waals surface area contributed by atoms with E-state index in [9.17, 15) is 4.79 Å². The molecule has 1 N–H and O–H groups in total. The molecule has 138 valence electrons. The molecular weight excluding hydrogens is 312 g/mol. The highest BCUT2D eigenvalue weighted by atomic mass is 16.6. The van der Waals surface area contributed by atoms with Crippen LogP contribution in [0.1, 0.15) is 58.9 Å². The van der Waals surface area contributed by atoms with E-state index >= 15 is 0 Å². The summed E-state index contributed by atoms with van der Waals surface area (Å²) in [6.07, 6.45) is 5.15. The normalized spacial score (nSPS) is 25.0. The lowest BCUT2D eigenvalue weighted by Gasteiger charge is -2.29. The van der Waals surface area contributed by atoms with Gasteiger partial charge >= 0.3 is 6.09 Å². The van der Waals surface area contributed by atoms with Crippen LogP contribution in [-0.2, 0) is 11.3 Å². The number of carbonyl (C=O) groups is 1. The summed E-state index contributed by atoms with van der Waals surface area (Å²) < 4.78 is 5.54. The zero-order valence-electron chi connectivity index (χ0n) is 16.0. The molecule has 1 amide bonds. The second kappa shape index (κ2) is 7.27. The van der Waals surface area contributed by atoms with E-state index in [4.69, 9.17) is 4.74 Å². The summed E-state index contributed by atoms with van der Waals surface area (Å²) >= 11 is 0. The molecule has 3 atom stereocenters. The van der Waals surface area contributed by atoms with Crippen molar-refractivity contribution in [2.24, 2.45) is 11.8 Å². The smallest absolute Gasteiger partial charge is 0.410 e. The van der Waals surface area contributed by atoms with Crippen LogP contribution >= 0.6 is 0 Å². The van der Waals surface area contributed by atoms with Crippen molar-refractivity contribution in [3.63, 3.8) is 0 Å². The lowest BCUT2D eigenvalue weighted by molar-refractivity contribution is 0.0245. The number of hydrogen-bond donors (Lipinski definition) is 1. The minimum atomic E-state index is -0.467. The van der Waals surface area contributed by atoms with E-state index in [1.54, 1.807) is 4.90 Å². The quantitative estimate of drug-likeness (QED) is 0.813. The Morgan fingerprint density at radius 3 is 2.76 bits per heavy atom. The van der Waals surface area contributed by atoms with Crippen LogP contribution in [0.3, 0.4) is 0 Å². The fourth-order valence-electron chi connectivity index (χ4n) is 3.93. The first-order valence-electron chi connectivity index (χ1n) is 9.69. The molecule has 3 unspecified atom stereocenters. The molecule has 4 nitrogen and oxygen atoms in total. The fraction of sp³-hybridized carbons (Fsp3) is 0.667. The Morgan fingerprint density at radius 2 is 2.04 bits per heavy atom. The minimum absolute atomic E-state index is 0.246. The molecule has 0 heterocycles. The van der Waals surface area contributed by atoms with Crippen molar-refractivity contribution >= 4 is 11.8 Å². The third-order valence-electron chi connectivity index (χ3n) is 5.34. The second-order valence-electron chi connectivity index (χ2n) is 8.49. The first-order valence-corrected chi connectivity index (χ1v) is 9.69. The van der Waals surface area contributed by atoms with Gasteiger partial charge in [0.2, 0.25) is 0 Å². The van der Waals surface area contributed by atoms with Crippen molar-refractivity contribution in [3.05, 3.63) is 29.8 Å². The number of para-hydroxylation sites is 1. The van der Waals surface area contributed by atoms with E-state index in [0.29, 0.717) is 19.1 Å². The fourth-order valence-corrected chi connectivity index (χ4v) is 3.93. The zero-order valence-corrected chi connectivity index (χ0v) is 16.0. The van der Waals surface area contributed by atoms with E-state index in [-0.39, 0.29) is 6.09 Å². The number of ether oxygens (including phenoxy) is 1. The molecule has 2 aliphatic rings. The Kier molecular flexibility index (Phi) is 5.26. The first-order chi connectivity index (χ1) is 11.9. The molecule has 3 rings (SSSR count). The molecule has 25 heavy (non-hydrogen) atoms. The monoisotopic (exact) mass is 344 g/mol. The summed E-state index contributed by atoms with van der Waals surface area (Å²) in [5.41, 5.74) is 1.87. The third-order valence-corrected chi connectivity index (χ3v) is 5.34. The molecule has 1 aromatic rings. The molecule has 0 aliphatic heterocycles. The van der Waals surface area contributed by atoms with Gasteiger partial charge < -0.3 is 15.0 Å². The van der Waals surface area contributed by atoms with Gasteiger partial charge in [-0.2, -0.15) is 0 Å². The van der Waals surface area contributed by atoms with Gasteiger partial charge in [0.05, 0.1) is 6.54 Å². The molecule has 0 bridgehead atoms. The van der Waals surface area contributed by atoms with Gasteiger partial charge in [-0.15, -0.1) is 0 Å². The van der Waals surface area contributed by atoms with E-state index < -0.39 is 5.60 Å². The Labute approximate surface area is 151 Å². The number of hydrogen-bond acceptors (Lipinski definition) is 3. The molecule has 0 radical (unpaired) electrons. The number of nitrogens with zero attached hydrogens (tertiary/aromatic N) is 1. The van der Waals surface area contributed by atoms with Crippen LogP contribution in [0.15, 0.2) is 24.3 Å². The predicted molar refractivity (Wildman–Crippen MR) is 102 cm³/mol. The van der Waals surface area contributed by atoms with Crippen LogP contribution in [0.5, 0.6) is 0 Å². The van der Waals surface area contributed by atoms with Gasteiger partial charge in [0.15, 0.2) is 0 Å². The molecule has 0 aromatic heterocycles. The van der Waals surface area contributed by atoms with Crippen molar-refractivity contribution in [1.82, 2.24) is 4.90 Å². The van der Waals surface area contributed by atoms with Crippen LogP contribution < -0.4 is 5.32 Å². The predicted octanol–water partition coefficient (Wildman–Crippen LogP) is 5.04. The topological polar surface area (TPSA) is 41.6 Å². The van der Waals surface area contributed by atoms with Crippen molar-refractivity contribution in [1.29, 1.82) is 0 Å². The van der Waals surface area contributed by atoms with Gasteiger partial charge in [0.25, 0.3) is 0 Å². The maximum Gasteiger partial charge on any atom is 0.410 e. The average molecular weight is 344 g/mol. The Morgan fingerprint density at radius 1 is 1.28 bits per heavy atom. The Hall–Kier alpha value is -1.71. The number of anilines is 1. The summed E-state index contributed by atoms with van der Waals surface area (Å²) in [5.74, 6) is 1.81. The highest BCUT2D eigenvalue weighted by Crippen LogP contribution is 2.50. The van der Waals surface area contributed by atoms with Crippen molar-refractivity contribution in [3.8, 4) is 0 Å². The maximum absolute atomic E-state index is 12.4. The minimum Gasteiger partial charge on any atom is -0.444 e. The van der Waals surface area contributed by atoms with Gasteiger partial charge in [0, 0.05) is 18.3 Å². The van der Waals surface area contributed by atoms with Crippen LogP contribution in [-0.4, -0.2) is 29.2 Å². The summed E-state index contributed by atoms with van der Waals surface area (Å²) in [5, 5.41) is 3.78. The highest BCUT2D eigenvalue weighted by Gasteiger charge is 2.45. The standard InChI is InChI=1S/C21H32N2O2/c1-5-23(20(24)25-21(2,3)4)14-16-9-6-7-11-18(16)22-19-12-8-10-15-13-17(15)19/h6-7,9,11,15,17,19,22H,5,8,10,12-14H2,1-4H3. The van der Waals surface area contributed by atoms with Crippen molar-refractivity contribution < 1.29 is 9.53 Å². The lowest BCUT2D eigenvalue weighted by atomic mass is 9.95. The highest BCUT2D eigenvalue weighted by molar-refractivity contribution is 5.68. The van der Waals surface area contributed by atoms with Crippen LogP contribution in [0.25, 0.3) is 0 Å². The molecule has 2 aliphatic carbocycles. The van der Waals surface area contributed by atoms with E-state index in [2.05, 4.69) is 23.5 Å². The lowest BCUT2D eigenvalue weighted by Crippen LogP contribution is -2.36. The van der Waals surface area contributed by atoms with Crippen molar-refractivity contribution in [2.75, 3.05) is 11.9 Å². The summed E-state index contributed by atoms with van der Waals surface area (Å²) in [4.78, 5) is 14.2. The molecule has 2 fully saturated rings. The molecule has 0 spiro atoms. The molecule has 1 aromatic carbocycles. The van der Waals surface area contributed by atoms with Gasteiger partial charge in [-0.25, -0.2) is 4.79 Å². The summed E-state index contributed by atoms with van der Waals surface area (Å²) in [6, 6.07) is 8.97. The third kappa shape index (κ3) is 4.68. The SMILES string of the molecule is CCN(Cc1ccccc1NC1CCCC2CC21)C(=O)OC(C)(C)C. The Balaban J connectivity index is 1.68. The first kappa shape index (κ1) is 18.1. The van der Waals surface area contributed by atoms with Gasteiger partial charge in [-0.3, -0.25) is 0 Å². The molecule has 0 saturated heterocycles. The number of fused-ring (bicyclic) bond motifs is 1. The van der Waals surface area contributed by atoms with E-state index in [1.807, 2.05) is 33.8 Å². The van der Waals surface area contributed by atoms with E-state index in [0.717, 1.165) is 17.4 Å². The van der Waals surface area contributed by atoms with Gasteiger partial charge in [0.1, 0.15) is 5.60 Å². The van der Waals surface area contributed by atoms with Crippen molar-refractivity contribution in [2.45, 2.75) is 71.6 Å². The largest absolute Gasteiger partial charge is 0.444 e. The van der Waals surface area contributed by atoms with Crippen LogP contribution in [0.2, 0.25) is 0 Å². The maximum atomic E-state index is 12.4. The van der Waals surface area contributed by atoms with Gasteiger partial charge in [-0.05, 0) is 64.0 Å². The summed E-state index contributed by atoms with van der Waals surface area (Å²) in [6.45, 7) is 8.93.